The minimum absolute atomic E-state index is 0.296. The molecule has 0 spiro atoms. The number of rotatable bonds is 6. The molecule has 0 bridgehead atoms. The number of benzene rings is 1. The highest BCUT2D eigenvalue weighted by molar-refractivity contribution is 5.34. The molecule has 0 atom stereocenters. The molecule has 0 amide bonds. The number of hydrogen-bond acceptors (Lipinski definition) is 1. The Morgan fingerprint density at radius 2 is 1.74 bits per heavy atom. The predicted molar refractivity (Wildman–Crippen MR) is 83.7 cm³/mol. The van der Waals surface area contributed by atoms with E-state index in [0.717, 1.165) is 13.1 Å². The molecule has 0 unspecified atom stereocenters. The van der Waals surface area contributed by atoms with Crippen LogP contribution in [-0.4, -0.2) is 13.1 Å². The quantitative estimate of drug-likeness (QED) is 0.588. The molecule has 1 aromatic carbocycles. The maximum absolute atomic E-state index is 3.61. The second-order valence-corrected chi connectivity index (χ2v) is 6.11. The van der Waals surface area contributed by atoms with Crippen LogP contribution in [-0.2, 0) is 5.41 Å². The highest BCUT2D eigenvalue weighted by Gasteiger charge is 2.32. The summed E-state index contributed by atoms with van der Waals surface area (Å²) in [5.41, 5.74) is 3.22. The summed E-state index contributed by atoms with van der Waals surface area (Å²) in [6.45, 7) is 8.94. The van der Waals surface area contributed by atoms with Gasteiger partial charge in [-0.25, -0.2) is 0 Å². The SMILES string of the molecule is CCCNCC1(c2ccc(C(C)C)cc2)CC=CC1. The van der Waals surface area contributed by atoms with Crippen LogP contribution in [0.5, 0.6) is 0 Å². The molecule has 0 fully saturated rings. The van der Waals surface area contributed by atoms with Gasteiger partial charge in [-0.05, 0) is 42.9 Å². The minimum atomic E-state index is 0.296. The molecule has 2 rings (SSSR count). The van der Waals surface area contributed by atoms with Crippen LogP contribution in [0.15, 0.2) is 36.4 Å². The lowest BCUT2D eigenvalue weighted by Gasteiger charge is -2.30. The highest BCUT2D eigenvalue weighted by atomic mass is 14.9. The zero-order valence-corrected chi connectivity index (χ0v) is 12.6. The Morgan fingerprint density at radius 3 is 2.26 bits per heavy atom. The Hall–Kier alpha value is -1.08. The molecular formula is C18H27N. The van der Waals surface area contributed by atoms with Gasteiger partial charge in [-0.2, -0.15) is 0 Å². The first-order chi connectivity index (χ1) is 9.18. The van der Waals surface area contributed by atoms with Crippen molar-refractivity contribution in [3.8, 4) is 0 Å². The summed E-state index contributed by atoms with van der Waals surface area (Å²) in [7, 11) is 0. The average Bonchev–Trinajstić information content (AvgIpc) is 2.89. The van der Waals surface area contributed by atoms with E-state index in [1.54, 1.807) is 0 Å². The fraction of sp³-hybridized carbons (Fsp3) is 0.556. The lowest BCUT2D eigenvalue weighted by molar-refractivity contribution is 0.419. The summed E-state index contributed by atoms with van der Waals surface area (Å²) in [5.74, 6) is 0.616. The van der Waals surface area contributed by atoms with Gasteiger partial charge in [0.2, 0.25) is 0 Å². The smallest absolute Gasteiger partial charge is 0.0146 e. The van der Waals surface area contributed by atoms with Gasteiger partial charge in [0.05, 0.1) is 0 Å². The van der Waals surface area contributed by atoms with Gasteiger partial charge in [0.25, 0.3) is 0 Å². The summed E-state index contributed by atoms with van der Waals surface area (Å²) in [6, 6.07) is 9.30. The molecule has 104 valence electrons. The van der Waals surface area contributed by atoms with Crippen molar-refractivity contribution in [1.29, 1.82) is 0 Å². The zero-order valence-electron chi connectivity index (χ0n) is 12.6. The van der Waals surface area contributed by atoms with E-state index in [9.17, 15) is 0 Å². The van der Waals surface area contributed by atoms with Gasteiger partial charge < -0.3 is 5.32 Å². The second-order valence-electron chi connectivity index (χ2n) is 6.11. The standard InChI is InChI=1S/C18H27N/c1-4-13-19-14-18(11-5-6-12-18)17-9-7-16(8-10-17)15(2)3/h5-10,15,19H,4,11-14H2,1-3H3. The molecule has 1 nitrogen and oxygen atoms in total. The third kappa shape index (κ3) is 3.27. The number of hydrogen-bond donors (Lipinski definition) is 1. The summed E-state index contributed by atoms with van der Waals surface area (Å²) in [6.07, 6.45) is 8.22. The fourth-order valence-corrected chi connectivity index (χ4v) is 2.91. The maximum Gasteiger partial charge on any atom is 0.0146 e. The fourth-order valence-electron chi connectivity index (χ4n) is 2.91. The van der Waals surface area contributed by atoms with E-state index in [2.05, 4.69) is 62.5 Å². The first-order valence-corrected chi connectivity index (χ1v) is 7.64. The third-order valence-corrected chi connectivity index (χ3v) is 4.26. The summed E-state index contributed by atoms with van der Waals surface area (Å²) >= 11 is 0. The first kappa shape index (κ1) is 14.3. The average molecular weight is 257 g/mol. The van der Waals surface area contributed by atoms with Crippen LogP contribution < -0.4 is 5.32 Å². The van der Waals surface area contributed by atoms with Gasteiger partial charge in [0.15, 0.2) is 0 Å². The van der Waals surface area contributed by atoms with Crippen molar-refractivity contribution in [3.63, 3.8) is 0 Å². The Morgan fingerprint density at radius 1 is 1.11 bits per heavy atom. The number of nitrogens with one attached hydrogen (secondary N) is 1. The number of allylic oxidation sites excluding steroid dienone is 2. The van der Waals surface area contributed by atoms with Gasteiger partial charge in [-0.1, -0.05) is 57.2 Å². The predicted octanol–water partition coefficient (Wildman–Crippen LogP) is 4.40. The molecule has 1 N–H and O–H groups in total. The van der Waals surface area contributed by atoms with E-state index in [-0.39, 0.29) is 0 Å². The lowest BCUT2D eigenvalue weighted by atomic mass is 9.77. The van der Waals surface area contributed by atoms with Crippen molar-refractivity contribution in [2.75, 3.05) is 13.1 Å². The Bertz CT molecular complexity index is 406. The van der Waals surface area contributed by atoms with Crippen molar-refractivity contribution in [2.24, 2.45) is 0 Å². The van der Waals surface area contributed by atoms with E-state index in [4.69, 9.17) is 0 Å². The van der Waals surface area contributed by atoms with Crippen LogP contribution in [0.25, 0.3) is 0 Å². The molecule has 1 aliphatic carbocycles. The molecule has 19 heavy (non-hydrogen) atoms. The van der Waals surface area contributed by atoms with Crippen LogP contribution in [0.1, 0.15) is 57.1 Å². The molecule has 0 heterocycles. The van der Waals surface area contributed by atoms with Crippen molar-refractivity contribution in [2.45, 2.75) is 51.4 Å². The normalized spacial score (nSPS) is 17.3. The molecule has 0 saturated carbocycles. The van der Waals surface area contributed by atoms with Gasteiger partial charge in [-0.15, -0.1) is 0 Å². The van der Waals surface area contributed by atoms with Gasteiger partial charge in [0, 0.05) is 12.0 Å². The van der Waals surface area contributed by atoms with E-state index in [1.807, 2.05) is 0 Å². The Labute approximate surface area is 118 Å². The topological polar surface area (TPSA) is 12.0 Å². The zero-order chi connectivity index (χ0) is 13.7. The van der Waals surface area contributed by atoms with Crippen molar-refractivity contribution in [3.05, 3.63) is 47.5 Å². The third-order valence-electron chi connectivity index (χ3n) is 4.26. The van der Waals surface area contributed by atoms with Crippen LogP contribution in [0.4, 0.5) is 0 Å². The van der Waals surface area contributed by atoms with Gasteiger partial charge in [-0.3, -0.25) is 0 Å². The molecule has 0 saturated heterocycles. The van der Waals surface area contributed by atoms with Crippen LogP contribution in [0, 0.1) is 0 Å². The van der Waals surface area contributed by atoms with E-state index in [0.29, 0.717) is 11.3 Å². The molecule has 1 aromatic rings. The monoisotopic (exact) mass is 257 g/mol. The largest absolute Gasteiger partial charge is 0.316 e. The van der Waals surface area contributed by atoms with Crippen LogP contribution in [0.2, 0.25) is 0 Å². The molecule has 1 aliphatic rings. The van der Waals surface area contributed by atoms with Crippen molar-refractivity contribution >= 4 is 0 Å². The molecule has 0 aliphatic heterocycles. The summed E-state index contributed by atoms with van der Waals surface area (Å²) in [5, 5.41) is 3.61. The Balaban J connectivity index is 2.14. The molecular weight excluding hydrogens is 230 g/mol. The minimum Gasteiger partial charge on any atom is -0.316 e. The second kappa shape index (κ2) is 6.38. The first-order valence-electron chi connectivity index (χ1n) is 7.64. The molecule has 0 radical (unpaired) electrons. The van der Waals surface area contributed by atoms with Crippen LogP contribution in [0.3, 0.4) is 0 Å². The molecule has 1 heteroatoms. The lowest BCUT2D eigenvalue weighted by Crippen LogP contribution is -2.36. The van der Waals surface area contributed by atoms with E-state index < -0.39 is 0 Å². The van der Waals surface area contributed by atoms with Crippen molar-refractivity contribution in [1.82, 2.24) is 5.32 Å². The molecule has 0 aromatic heterocycles. The van der Waals surface area contributed by atoms with Gasteiger partial charge in [0.1, 0.15) is 0 Å². The maximum atomic E-state index is 3.61. The van der Waals surface area contributed by atoms with Gasteiger partial charge >= 0.3 is 0 Å². The Kier molecular flexibility index (Phi) is 4.81. The summed E-state index contributed by atoms with van der Waals surface area (Å²) < 4.78 is 0. The van der Waals surface area contributed by atoms with E-state index in [1.165, 1.54) is 30.4 Å². The van der Waals surface area contributed by atoms with Crippen molar-refractivity contribution < 1.29 is 0 Å². The van der Waals surface area contributed by atoms with E-state index >= 15 is 0 Å². The van der Waals surface area contributed by atoms with Crippen LogP contribution >= 0.6 is 0 Å². The highest BCUT2D eigenvalue weighted by Crippen LogP contribution is 2.37. The summed E-state index contributed by atoms with van der Waals surface area (Å²) in [4.78, 5) is 0.